The van der Waals surface area contributed by atoms with Crippen LogP contribution in [0.25, 0.3) is 11.1 Å². The Morgan fingerprint density at radius 2 is 1.83 bits per heavy atom. The molecule has 0 unspecified atom stereocenters. The summed E-state index contributed by atoms with van der Waals surface area (Å²) in [5.41, 5.74) is 3.48. The molecule has 2 N–H and O–H groups in total. The first-order chi connectivity index (χ1) is 14.1. The van der Waals surface area contributed by atoms with E-state index in [1.807, 2.05) is 0 Å². The molecule has 7 heteroatoms. The van der Waals surface area contributed by atoms with Crippen molar-refractivity contribution in [2.24, 2.45) is 0 Å². The van der Waals surface area contributed by atoms with Crippen molar-refractivity contribution in [2.75, 3.05) is 13.1 Å². The molecule has 0 aliphatic carbocycles. The Morgan fingerprint density at radius 1 is 1.10 bits per heavy atom. The zero-order valence-electron chi connectivity index (χ0n) is 16.2. The van der Waals surface area contributed by atoms with Gasteiger partial charge in [-0.3, -0.25) is 9.36 Å². The topological polar surface area (TPSA) is 68.7 Å². The molecular formula is C22H25ClN3O3+. The van der Waals surface area contributed by atoms with E-state index < -0.39 is 5.76 Å². The molecule has 4 rings (SSSR count). The maximum Gasteiger partial charge on any atom is 0.419 e. The smallest absolute Gasteiger partial charge is 0.408 e. The summed E-state index contributed by atoms with van der Waals surface area (Å²) in [6, 6.07) is 13.5. The lowest BCUT2D eigenvalue weighted by Gasteiger charge is -2.12. The van der Waals surface area contributed by atoms with Crippen molar-refractivity contribution in [3.05, 3.63) is 69.2 Å². The predicted octanol–water partition coefficient (Wildman–Crippen LogP) is 2.13. The fraction of sp³-hybridized carbons (Fsp3) is 0.364. The molecule has 1 aliphatic heterocycles. The second kappa shape index (κ2) is 8.84. The quantitative estimate of drug-likeness (QED) is 0.622. The summed E-state index contributed by atoms with van der Waals surface area (Å²) in [6.45, 7) is 4.34. The Balaban J connectivity index is 1.28. The summed E-state index contributed by atoms with van der Waals surface area (Å²) in [7, 11) is 0. The minimum absolute atomic E-state index is 0.106. The van der Waals surface area contributed by atoms with Gasteiger partial charge in [0.15, 0.2) is 5.58 Å². The van der Waals surface area contributed by atoms with Gasteiger partial charge in [-0.15, -0.1) is 0 Å². The highest BCUT2D eigenvalue weighted by molar-refractivity contribution is 6.31. The van der Waals surface area contributed by atoms with Gasteiger partial charge < -0.3 is 14.6 Å². The van der Waals surface area contributed by atoms with Crippen molar-refractivity contribution in [1.82, 2.24) is 9.88 Å². The summed E-state index contributed by atoms with van der Waals surface area (Å²) < 4.78 is 6.65. The standard InChI is InChI=1S/C22H24ClN3O3/c23-18-7-8-19-20(13-18)29-22(28)26(19)12-9-21(27)24-14-16-3-5-17(6-4-16)15-25-10-1-2-11-25/h3-8,13H,1-2,9-12,14-15H2,(H,24,27)/p+1. The summed E-state index contributed by atoms with van der Waals surface area (Å²) in [6.07, 6.45) is 2.86. The number of rotatable bonds is 7. The van der Waals surface area contributed by atoms with Gasteiger partial charge in [0, 0.05) is 49.0 Å². The lowest BCUT2D eigenvalue weighted by atomic mass is 10.1. The van der Waals surface area contributed by atoms with E-state index in [0.29, 0.717) is 22.7 Å². The van der Waals surface area contributed by atoms with Crippen LogP contribution in [0.15, 0.2) is 51.7 Å². The van der Waals surface area contributed by atoms with Gasteiger partial charge in [0.05, 0.1) is 18.6 Å². The molecule has 1 fully saturated rings. The number of carbonyl (C=O) groups is 1. The molecule has 0 atom stereocenters. The van der Waals surface area contributed by atoms with Gasteiger partial charge in [-0.1, -0.05) is 35.9 Å². The van der Waals surface area contributed by atoms with Crippen molar-refractivity contribution in [3.8, 4) is 0 Å². The van der Waals surface area contributed by atoms with Gasteiger partial charge in [0.25, 0.3) is 0 Å². The third-order valence-electron chi connectivity index (χ3n) is 5.47. The molecule has 152 valence electrons. The zero-order valence-corrected chi connectivity index (χ0v) is 17.0. The minimum atomic E-state index is -0.481. The van der Waals surface area contributed by atoms with Crippen molar-refractivity contribution in [3.63, 3.8) is 0 Å². The number of hydrogen-bond donors (Lipinski definition) is 2. The minimum Gasteiger partial charge on any atom is -0.408 e. The molecular weight excluding hydrogens is 390 g/mol. The van der Waals surface area contributed by atoms with E-state index in [2.05, 4.69) is 29.6 Å². The molecule has 29 heavy (non-hydrogen) atoms. The summed E-state index contributed by atoms with van der Waals surface area (Å²) in [5.74, 6) is -0.586. The van der Waals surface area contributed by atoms with E-state index >= 15 is 0 Å². The van der Waals surface area contributed by atoms with E-state index in [1.54, 1.807) is 23.1 Å². The van der Waals surface area contributed by atoms with Crippen molar-refractivity contribution >= 4 is 28.6 Å². The van der Waals surface area contributed by atoms with Crippen LogP contribution in [0.5, 0.6) is 0 Å². The third kappa shape index (κ3) is 4.89. The number of halogens is 1. The first kappa shape index (κ1) is 19.7. The molecule has 1 saturated heterocycles. The summed E-state index contributed by atoms with van der Waals surface area (Å²) >= 11 is 5.92. The Bertz CT molecular complexity index is 1050. The zero-order chi connectivity index (χ0) is 20.2. The number of amides is 1. The highest BCUT2D eigenvalue weighted by atomic mass is 35.5. The van der Waals surface area contributed by atoms with Crippen LogP contribution in [0, 0.1) is 0 Å². The number of aryl methyl sites for hydroxylation is 1. The first-order valence-electron chi connectivity index (χ1n) is 10.1. The first-order valence-corrected chi connectivity index (χ1v) is 10.4. The number of nitrogens with zero attached hydrogens (tertiary/aromatic N) is 1. The molecule has 0 bridgehead atoms. The van der Waals surface area contributed by atoms with Crippen molar-refractivity contribution < 1.29 is 14.1 Å². The Morgan fingerprint density at radius 3 is 2.59 bits per heavy atom. The number of oxazole rings is 1. The largest absolute Gasteiger partial charge is 0.419 e. The maximum atomic E-state index is 12.2. The number of likely N-dealkylation sites (tertiary alicyclic amines) is 1. The number of aromatic nitrogens is 1. The van der Waals surface area contributed by atoms with E-state index in [4.69, 9.17) is 16.0 Å². The van der Waals surface area contributed by atoms with Crippen LogP contribution >= 0.6 is 11.6 Å². The van der Waals surface area contributed by atoms with Gasteiger partial charge in [0.2, 0.25) is 5.91 Å². The molecule has 1 amide bonds. The lowest BCUT2D eigenvalue weighted by Crippen LogP contribution is -3.08. The molecule has 6 nitrogen and oxygen atoms in total. The monoisotopic (exact) mass is 414 g/mol. The van der Waals surface area contributed by atoms with Crippen LogP contribution in [-0.2, 0) is 24.4 Å². The maximum absolute atomic E-state index is 12.2. The molecule has 0 radical (unpaired) electrons. The average Bonchev–Trinajstić information content (AvgIpc) is 3.32. The third-order valence-corrected chi connectivity index (χ3v) is 5.71. The number of nitrogens with one attached hydrogen (secondary N) is 2. The van der Waals surface area contributed by atoms with Gasteiger partial charge in [0.1, 0.15) is 6.54 Å². The summed E-state index contributed by atoms with van der Waals surface area (Å²) in [4.78, 5) is 25.9. The predicted molar refractivity (Wildman–Crippen MR) is 112 cm³/mol. The van der Waals surface area contributed by atoms with Gasteiger partial charge >= 0.3 is 5.76 Å². The van der Waals surface area contributed by atoms with Crippen LogP contribution < -0.4 is 16.0 Å². The van der Waals surface area contributed by atoms with Gasteiger partial charge in [-0.2, -0.15) is 0 Å². The molecule has 1 aromatic heterocycles. The van der Waals surface area contributed by atoms with Crippen LogP contribution in [0.4, 0.5) is 0 Å². The van der Waals surface area contributed by atoms with E-state index in [-0.39, 0.29) is 18.9 Å². The number of benzene rings is 2. The number of carbonyl (C=O) groups excluding carboxylic acids is 1. The molecule has 0 saturated carbocycles. The van der Waals surface area contributed by atoms with E-state index in [9.17, 15) is 9.59 Å². The second-order valence-electron chi connectivity index (χ2n) is 7.61. The molecule has 2 heterocycles. The van der Waals surface area contributed by atoms with Crippen LogP contribution in [0.2, 0.25) is 5.02 Å². The normalized spacial score (nSPS) is 14.5. The van der Waals surface area contributed by atoms with Crippen molar-refractivity contribution in [2.45, 2.75) is 38.9 Å². The molecule has 2 aromatic carbocycles. The van der Waals surface area contributed by atoms with Crippen LogP contribution in [0.1, 0.15) is 30.4 Å². The Labute approximate surface area is 174 Å². The van der Waals surface area contributed by atoms with Gasteiger partial charge in [-0.25, -0.2) is 4.79 Å². The highest BCUT2D eigenvalue weighted by Crippen LogP contribution is 2.18. The second-order valence-corrected chi connectivity index (χ2v) is 8.05. The molecule has 3 aromatic rings. The van der Waals surface area contributed by atoms with Gasteiger partial charge in [-0.05, 0) is 17.7 Å². The van der Waals surface area contributed by atoms with Crippen LogP contribution in [-0.4, -0.2) is 23.6 Å². The molecule has 1 aliphatic rings. The number of hydrogen-bond acceptors (Lipinski definition) is 3. The SMILES string of the molecule is O=C(CCn1c(=O)oc2cc(Cl)ccc21)NCc1ccc(C[NH+]2CCCC2)cc1. The number of quaternary nitrogens is 1. The molecule has 0 spiro atoms. The van der Waals surface area contributed by atoms with Crippen molar-refractivity contribution in [1.29, 1.82) is 0 Å². The highest BCUT2D eigenvalue weighted by Gasteiger charge is 2.15. The summed E-state index contributed by atoms with van der Waals surface area (Å²) in [5, 5.41) is 3.42. The number of fused-ring (bicyclic) bond motifs is 1. The van der Waals surface area contributed by atoms with E-state index in [1.165, 1.54) is 36.1 Å². The van der Waals surface area contributed by atoms with E-state index in [0.717, 1.165) is 12.1 Å². The Kier molecular flexibility index (Phi) is 6.02. The average molecular weight is 415 g/mol. The lowest BCUT2D eigenvalue weighted by molar-refractivity contribution is -0.901. The fourth-order valence-electron chi connectivity index (χ4n) is 3.87. The Hall–Kier alpha value is -2.57. The van der Waals surface area contributed by atoms with Crippen LogP contribution in [0.3, 0.4) is 0 Å². The fourth-order valence-corrected chi connectivity index (χ4v) is 4.03.